The fraction of sp³-hybridized carbons (Fsp3) is 0.0291. The van der Waals surface area contributed by atoms with Crippen LogP contribution < -0.4 is 16.0 Å². The number of fused-ring (bicyclic) bond motifs is 24. The summed E-state index contributed by atoms with van der Waals surface area (Å²) in [5, 5.41) is 13.6. The van der Waals surface area contributed by atoms with Crippen molar-refractivity contribution in [2.24, 2.45) is 0 Å². The zero-order valence-electron chi connectivity index (χ0n) is 58.3. The van der Waals surface area contributed by atoms with Crippen molar-refractivity contribution in [3.05, 3.63) is 479 Å². The molecule has 17 aromatic rings. The Morgan fingerprint density at radius 2 is 0.481 bits per heavy atom. The van der Waals surface area contributed by atoms with Gasteiger partial charge in [0.1, 0.15) is 0 Å². The molecule has 3 N–H and O–H groups in total. The van der Waals surface area contributed by atoms with Crippen LogP contribution in [-0.4, -0.2) is 0 Å². The minimum atomic E-state index is -0.391. The van der Waals surface area contributed by atoms with E-state index in [0.717, 1.165) is 34.1 Å². The standard InChI is InChI=1S/C37H27N.C35H23N.C31H21N/c1-4-14-27(15-5-1)28-16-12-21-31(26-28)38-35-25-13-24-34-36(35)32-22-10-11-23-33(32)37(34,29-17-6-2-7-18-29)30-19-8-3-9-20-30;1-2-10-24-21-25(18-17-23(24)9-1)36-26-19-20-30-29-13-5-8-16-33(29)35(34(30)22-26)31-14-6-3-11-27(31)28-12-4-7-15-32(28)35;1-2-10-21(11-3-1)32-22-18-19-26-25-14-6-9-17-29(25)31(30(26)20-22)27-15-7-4-12-23(27)24-13-5-8-16-28(24)31/h1-26,38H;1-22,36H;1-20,32H. The molecule has 5 aliphatic carbocycles. The van der Waals surface area contributed by atoms with E-state index in [1.807, 2.05) is 6.07 Å². The summed E-state index contributed by atoms with van der Waals surface area (Å²) >= 11 is 0. The average molecular weight is 1350 g/mol. The van der Waals surface area contributed by atoms with Crippen LogP contribution in [0.25, 0.3) is 77.5 Å². The summed E-state index contributed by atoms with van der Waals surface area (Å²) in [7, 11) is 0. The first kappa shape index (κ1) is 62.2. The van der Waals surface area contributed by atoms with Crippen LogP contribution in [0.3, 0.4) is 0 Å². The van der Waals surface area contributed by atoms with Gasteiger partial charge >= 0.3 is 0 Å². The van der Waals surface area contributed by atoms with E-state index in [1.165, 1.54) is 144 Å². The van der Waals surface area contributed by atoms with Gasteiger partial charge in [-0.1, -0.05) is 346 Å². The minimum absolute atomic E-state index is 0.284. The van der Waals surface area contributed by atoms with Crippen molar-refractivity contribution >= 4 is 44.9 Å². The molecule has 0 aliphatic heterocycles. The van der Waals surface area contributed by atoms with E-state index < -0.39 is 5.41 Å². The van der Waals surface area contributed by atoms with Gasteiger partial charge in [0.2, 0.25) is 0 Å². The maximum atomic E-state index is 3.80. The topological polar surface area (TPSA) is 36.1 Å². The maximum Gasteiger partial charge on any atom is 0.0726 e. The molecule has 0 atom stereocenters. The van der Waals surface area contributed by atoms with Gasteiger partial charge in [0, 0.05) is 39.7 Å². The molecule has 0 saturated heterocycles. The lowest BCUT2D eigenvalue weighted by Crippen LogP contribution is -2.28. The smallest absolute Gasteiger partial charge is 0.0726 e. The molecule has 3 nitrogen and oxygen atoms in total. The van der Waals surface area contributed by atoms with Crippen molar-refractivity contribution in [2.45, 2.75) is 16.2 Å². The van der Waals surface area contributed by atoms with E-state index >= 15 is 0 Å². The van der Waals surface area contributed by atoms with Gasteiger partial charge in [0.25, 0.3) is 0 Å². The Morgan fingerprint density at radius 1 is 0.160 bits per heavy atom. The Hall–Kier alpha value is -13.6. The summed E-state index contributed by atoms with van der Waals surface area (Å²) in [6, 6.07) is 150. The van der Waals surface area contributed by atoms with Crippen molar-refractivity contribution in [1.29, 1.82) is 0 Å². The largest absolute Gasteiger partial charge is 0.356 e. The van der Waals surface area contributed by atoms with Crippen LogP contribution in [0, 0.1) is 0 Å². The Balaban J connectivity index is 0.000000106. The number of nitrogens with one attached hydrogen (secondary N) is 3. The Morgan fingerprint density at radius 3 is 0.962 bits per heavy atom. The molecule has 0 amide bonds. The SMILES string of the molecule is c1ccc(-c2cccc(Nc3cccc4c3-c3ccccc3C4(c3ccccc3)c3ccccc3)c2)cc1.c1ccc(Nc2ccc3c(c2)C2(c4ccccc4-c4ccccc42)c2ccccc2-3)cc1.c1ccc2c(c1)-c1ccccc1C21c2ccccc2-c2ccc(Nc3ccc4ccccc4c3)cc21. The lowest BCUT2D eigenvalue weighted by atomic mass is 9.68. The first-order valence-electron chi connectivity index (χ1n) is 36.8. The van der Waals surface area contributed by atoms with Crippen molar-refractivity contribution in [3.8, 4) is 66.8 Å². The number of rotatable bonds is 9. The fourth-order valence-electron chi connectivity index (χ4n) is 18.6. The molecule has 0 saturated carbocycles. The van der Waals surface area contributed by atoms with Gasteiger partial charge < -0.3 is 16.0 Å². The molecule has 0 fully saturated rings. The predicted molar refractivity (Wildman–Crippen MR) is 441 cm³/mol. The van der Waals surface area contributed by atoms with Gasteiger partial charge in [-0.25, -0.2) is 0 Å². The van der Waals surface area contributed by atoms with Gasteiger partial charge in [0.05, 0.1) is 16.2 Å². The summed E-state index contributed by atoms with van der Waals surface area (Å²) in [5.41, 5.74) is 37.4. The van der Waals surface area contributed by atoms with Crippen molar-refractivity contribution in [2.75, 3.05) is 16.0 Å². The van der Waals surface area contributed by atoms with Crippen molar-refractivity contribution in [3.63, 3.8) is 0 Å². The number of anilines is 6. The molecule has 2 spiro atoms. The summed E-state index contributed by atoms with van der Waals surface area (Å²) in [4.78, 5) is 0. The zero-order valence-corrected chi connectivity index (χ0v) is 58.3. The maximum absolute atomic E-state index is 3.80. The normalized spacial score (nSPS) is 13.5. The lowest BCUT2D eigenvalue weighted by molar-refractivity contribution is 0.768. The van der Waals surface area contributed by atoms with Gasteiger partial charge in [-0.3, -0.25) is 0 Å². The molecule has 3 heteroatoms. The third-order valence-corrected chi connectivity index (χ3v) is 22.8. The molecule has 5 aliphatic rings. The molecule has 0 bridgehead atoms. The number of para-hydroxylation sites is 1. The highest BCUT2D eigenvalue weighted by Gasteiger charge is 2.54. The predicted octanol–water partition coefficient (Wildman–Crippen LogP) is 26.2. The monoisotopic (exact) mass is 1350 g/mol. The van der Waals surface area contributed by atoms with E-state index in [2.05, 4.69) is 422 Å². The second kappa shape index (κ2) is 25.4. The summed E-state index contributed by atoms with van der Waals surface area (Å²) in [6.07, 6.45) is 0. The highest BCUT2D eigenvalue weighted by Crippen LogP contribution is 2.65. The van der Waals surface area contributed by atoms with Crippen LogP contribution in [0.15, 0.2) is 413 Å². The van der Waals surface area contributed by atoms with Gasteiger partial charge in [-0.15, -0.1) is 0 Å². The summed E-state index contributed by atoms with van der Waals surface area (Å²) < 4.78 is 0. The number of benzene rings is 17. The van der Waals surface area contributed by atoms with Crippen molar-refractivity contribution in [1.82, 2.24) is 0 Å². The van der Waals surface area contributed by atoms with E-state index in [1.54, 1.807) is 0 Å². The molecule has 0 aromatic heterocycles. The summed E-state index contributed by atoms with van der Waals surface area (Å²) in [6.45, 7) is 0. The van der Waals surface area contributed by atoms with Crippen LogP contribution in [0.1, 0.15) is 66.8 Å². The fourth-order valence-corrected chi connectivity index (χ4v) is 18.6. The zero-order chi connectivity index (χ0) is 70.2. The molecule has 22 rings (SSSR count). The highest BCUT2D eigenvalue weighted by atomic mass is 14.9. The Bertz CT molecular complexity index is 6090. The first-order chi connectivity index (χ1) is 52.6. The third-order valence-electron chi connectivity index (χ3n) is 22.8. The van der Waals surface area contributed by atoms with E-state index in [0.29, 0.717) is 0 Å². The minimum Gasteiger partial charge on any atom is -0.356 e. The molecule has 0 heterocycles. The number of hydrogen-bond acceptors (Lipinski definition) is 3. The van der Waals surface area contributed by atoms with Crippen LogP contribution in [0.2, 0.25) is 0 Å². The number of hydrogen-bond donors (Lipinski definition) is 3. The third kappa shape index (κ3) is 9.67. The average Bonchev–Trinajstić information content (AvgIpc) is 1.52. The Labute approximate surface area is 619 Å². The van der Waals surface area contributed by atoms with E-state index in [4.69, 9.17) is 0 Å². The highest BCUT2D eigenvalue weighted by molar-refractivity contribution is 5.99. The van der Waals surface area contributed by atoms with Crippen molar-refractivity contribution < 1.29 is 0 Å². The second-order valence-electron chi connectivity index (χ2n) is 28.3. The van der Waals surface area contributed by atoms with Crippen LogP contribution in [0.5, 0.6) is 0 Å². The van der Waals surface area contributed by atoms with Crippen LogP contribution in [-0.2, 0) is 16.2 Å². The van der Waals surface area contributed by atoms with E-state index in [9.17, 15) is 0 Å². The van der Waals surface area contributed by atoms with Gasteiger partial charge in [-0.2, -0.15) is 0 Å². The van der Waals surface area contributed by atoms with Gasteiger partial charge in [0.15, 0.2) is 0 Å². The van der Waals surface area contributed by atoms with Crippen LogP contribution in [0.4, 0.5) is 34.1 Å². The van der Waals surface area contributed by atoms with E-state index in [-0.39, 0.29) is 10.8 Å². The summed E-state index contributed by atoms with van der Waals surface area (Å²) in [5.74, 6) is 0. The second-order valence-corrected chi connectivity index (χ2v) is 28.3. The molecule has 0 unspecified atom stereocenters. The lowest BCUT2D eigenvalue weighted by Gasteiger charge is -2.33. The molecule has 106 heavy (non-hydrogen) atoms. The van der Waals surface area contributed by atoms with Crippen LogP contribution >= 0.6 is 0 Å². The molecule has 17 aromatic carbocycles. The molecular formula is C103H71N3. The van der Waals surface area contributed by atoms with Gasteiger partial charge in [-0.05, 0) is 205 Å². The molecule has 0 radical (unpaired) electrons. The first-order valence-corrected chi connectivity index (χ1v) is 36.8. The molecule has 498 valence electrons. The Kier molecular flexibility index (Phi) is 14.9. The molecular weight excluding hydrogens is 1280 g/mol. The quantitative estimate of drug-likeness (QED) is 0.135.